The fourth-order valence-corrected chi connectivity index (χ4v) is 13.8. The van der Waals surface area contributed by atoms with Crippen molar-refractivity contribution in [3.8, 4) is 61.6 Å². The summed E-state index contributed by atoms with van der Waals surface area (Å²) in [5.41, 5.74) is 23.1. The van der Waals surface area contributed by atoms with Gasteiger partial charge in [-0.15, -0.1) is 0 Å². The second-order valence-corrected chi connectivity index (χ2v) is 22.4. The molecule has 0 amide bonds. The first kappa shape index (κ1) is 47.8. The maximum Gasteiger partial charge on any atom is 0.0541 e. The number of para-hydroxylation sites is 4. The van der Waals surface area contributed by atoms with Crippen molar-refractivity contribution in [3.63, 3.8) is 0 Å². The first-order valence-corrected chi connectivity index (χ1v) is 28.9. The highest BCUT2D eigenvalue weighted by Crippen LogP contribution is 2.46. The molecule has 3 nitrogen and oxygen atoms in total. The number of hydrogen-bond acceptors (Lipinski definition) is 0. The van der Waals surface area contributed by atoms with Gasteiger partial charge in [-0.1, -0.05) is 202 Å². The largest absolute Gasteiger partial charge is 0.309 e. The molecule has 16 aromatic rings. The lowest BCUT2D eigenvalue weighted by atomic mass is 9.86. The summed E-state index contributed by atoms with van der Waals surface area (Å²) < 4.78 is 7.39. The average Bonchev–Trinajstić information content (AvgIpc) is 4.10. The quantitative estimate of drug-likeness (QED) is 0.128. The fraction of sp³-hybridized carbons (Fsp3) is 0.0633. The molecular formula is C79H57N3. The molecule has 13 aromatic carbocycles. The van der Waals surface area contributed by atoms with Crippen LogP contribution in [0.2, 0.25) is 0 Å². The minimum Gasteiger partial charge on any atom is -0.309 e. The monoisotopic (exact) mass is 1050 g/mol. The third-order valence-corrected chi connectivity index (χ3v) is 17.9. The van der Waals surface area contributed by atoms with Crippen LogP contribution >= 0.6 is 0 Å². The Labute approximate surface area is 476 Å². The molecule has 82 heavy (non-hydrogen) atoms. The summed E-state index contributed by atoms with van der Waals surface area (Å²) in [5, 5.41) is 12.5. The van der Waals surface area contributed by atoms with Gasteiger partial charge >= 0.3 is 0 Å². The van der Waals surface area contributed by atoms with E-state index in [9.17, 15) is 0 Å². The number of hydrogen-bond donors (Lipinski definition) is 0. The van der Waals surface area contributed by atoms with Crippen LogP contribution in [0.3, 0.4) is 0 Å². The minimum atomic E-state index is 0.436. The molecule has 0 fully saturated rings. The van der Waals surface area contributed by atoms with E-state index < -0.39 is 0 Å². The van der Waals surface area contributed by atoms with Gasteiger partial charge in [0.2, 0.25) is 0 Å². The van der Waals surface area contributed by atoms with Crippen LogP contribution < -0.4 is 0 Å². The summed E-state index contributed by atoms with van der Waals surface area (Å²) in [6, 6.07) is 102. The van der Waals surface area contributed by atoms with Crippen LogP contribution in [-0.4, -0.2) is 13.7 Å². The Morgan fingerprint density at radius 2 is 0.622 bits per heavy atom. The second-order valence-electron chi connectivity index (χ2n) is 22.4. The van der Waals surface area contributed by atoms with Crippen molar-refractivity contribution in [2.75, 3.05) is 0 Å². The van der Waals surface area contributed by atoms with Gasteiger partial charge < -0.3 is 13.7 Å². The van der Waals surface area contributed by atoms with Gasteiger partial charge in [0.25, 0.3) is 0 Å². The van der Waals surface area contributed by atoms with Crippen LogP contribution in [0.5, 0.6) is 0 Å². The zero-order chi connectivity index (χ0) is 54.6. The van der Waals surface area contributed by atoms with Crippen molar-refractivity contribution in [2.24, 2.45) is 0 Å². The lowest BCUT2D eigenvalue weighted by Crippen LogP contribution is -2.02. The topological polar surface area (TPSA) is 14.8 Å². The van der Waals surface area contributed by atoms with E-state index in [0.29, 0.717) is 5.92 Å². The number of aryl methyl sites for hydroxylation is 1. The first-order chi connectivity index (χ1) is 40.5. The smallest absolute Gasteiger partial charge is 0.0541 e. The van der Waals surface area contributed by atoms with Crippen molar-refractivity contribution < 1.29 is 0 Å². The SMILES string of the molecule is CCC(C)c1ccccc1-n1c2ccccc2c2cc(-c3ccc4c(c3)c3cc(-c5ccc6c(c5)c5ccccc5n6-c5ccccc5C)ccc3n4-c3ccc(-c4c5ccccc5c(-c5ccccc5)c5ccccc45)cc3)ccc21. The van der Waals surface area contributed by atoms with E-state index in [2.05, 4.69) is 307 Å². The first-order valence-electron chi connectivity index (χ1n) is 28.9. The van der Waals surface area contributed by atoms with E-state index in [4.69, 9.17) is 0 Å². The summed E-state index contributed by atoms with van der Waals surface area (Å²) in [7, 11) is 0. The molecule has 0 saturated heterocycles. The van der Waals surface area contributed by atoms with Gasteiger partial charge in [-0.05, 0) is 181 Å². The van der Waals surface area contributed by atoms with Crippen LogP contribution in [0.15, 0.2) is 273 Å². The third-order valence-electron chi connectivity index (χ3n) is 17.9. The molecule has 16 rings (SSSR count). The highest BCUT2D eigenvalue weighted by atomic mass is 15.0. The predicted molar refractivity (Wildman–Crippen MR) is 350 cm³/mol. The van der Waals surface area contributed by atoms with Crippen LogP contribution in [0, 0.1) is 6.92 Å². The molecule has 0 bridgehead atoms. The Hall–Kier alpha value is -10.2. The van der Waals surface area contributed by atoms with Gasteiger partial charge in [-0.2, -0.15) is 0 Å². The molecule has 0 aliphatic heterocycles. The highest BCUT2D eigenvalue weighted by molar-refractivity contribution is 6.22. The molecule has 3 aromatic heterocycles. The van der Waals surface area contributed by atoms with Crippen LogP contribution in [0.25, 0.3) is 149 Å². The molecule has 0 saturated carbocycles. The fourth-order valence-electron chi connectivity index (χ4n) is 13.8. The molecule has 388 valence electrons. The normalized spacial score (nSPS) is 12.3. The van der Waals surface area contributed by atoms with Crippen molar-refractivity contribution >= 4 is 87.0 Å². The number of aromatic nitrogens is 3. The Bertz CT molecular complexity index is 5160. The Balaban J connectivity index is 0.881. The molecule has 3 heteroatoms. The number of benzene rings is 13. The standard InChI is InChI=1S/C79H57N3/c1-4-50(2)59-23-13-17-31-71(59)82-73-33-19-15-25-61(73)67-47-55(39-45-77(67)82)57-37-43-75-69(49-57)68-48-56(54-38-44-76-66(46-54)60-24-14-18-32-72(60)81(76)70-30-16-8-20-51(70)3)36-42-74(68)80(75)58-40-34-53(35-41-58)79-64-28-11-9-26-62(64)78(52-21-6-5-7-22-52)63-27-10-12-29-65(63)79/h5-50H,4H2,1-3H3. The van der Waals surface area contributed by atoms with Crippen LogP contribution in [0.4, 0.5) is 0 Å². The van der Waals surface area contributed by atoms with Gasteiger partial charge in [0.05, 0.1) is 33.1 Å². The summed E-state index contributed by atoms with van der Waals surface area (Å²) in [6.45, 7) is 6.83. The highest BCUT2D eigenvalue weighted by Gasteiger charge is 2.22. The Morgan fingerprint density at radius 3 is 1.10 bits per heavy atom. The Kier molecular flexibility index (Phi) is 11.0. The van der Waals surface area contributed by atoms with Crippen LogP contribution in [-0.2, 0) is 0 Å². The van der Waals surface area contributed by atoms with E-state index in [1.54, 1.807) is 0 Å². The molecular weight excluding hydrogens is 991 g/mol. The van der Waals surface area contributed by atoms with Crippen molar-refractivity contribution in [1.29, 1.82) is 0 Å². The zero-order valence-corrected chi connectivity index (χ0v) is 46.1. The molecule has 0 spiro atoms. The van der Waals surface area contributed by atoms with E-state index in [1.807, 2.05) is 0 Å². The predicted octanol–water partition coefficient (Wildman–Crippen LogP) is 21.8. The maximum atomic E-state index is 2.49. The van der Waals surface area contributed by atoms with Crippen LogP contribution in [0.1, 0.15) is 37.3 Å². The van der Waals surface area contributed by atoms with E-state index in [0.717, 1.165) is 12.1 Å². The second kappa shape index (κ2) is 19.0. The van der Waals surface area contributed by atoms with Crippen molar-refractivity contribution in [3.05, 3.63) is 284 Å². The number of fused-ring (bicyclic) bond motifs is 11. The van der Waals surface area contributed by atoms with Gasteiger partial charge in [0.1, 0.15) is 0 Å². The molecule has 1 unspecified atom stereocenters. The van der Waals surface area contributed by atoms with Crippen molar-refractivity contribution in [2.45, 2.75) is 33.1 Å². The molecule has 0 radical (unpaired) electrons. The number of rotatable bonds is 9. The van der Waals surface area contributed by atoms with Gasteiger partial charge in [0.15, 0.2) is 0 Å². The summed E-state index contributed by atoms with van der Waals surface area (Å²) in [6.07, 6.45) is 1.08. The Morgan fingerprint density at radius 1 is 0.280 bits per heavy atom. The summed E-state index contributed by atoms with van der Waals surface area (Å²) in [5.74, 6) is 0.436. The van der Waals surface area contributed by atoms with E-state index in [1.165, 1.54) is 154 Å². The van der Waals surface area contributed by atoms with Gasteiger partial charge in [0, 0.05) is 49.4 Å². The van der Waals surface area contributed by atoms with Gasteiger partial charge in [-0.3, -0.25) is 0 Å². The number of nitrogens with zero attached hydrogens (tertiary/aromatic N) is 3. The molecule has 0 aliphatic carbocycles. The molecule has 0 N–H and O–H groups in total. The zero-order valence-electron chi connectivity index (χ0n) is 46.1. The molecule has 0 aliphatic rings. The minimum absolute atomic E-state index is 0.436. The van der Waals surface area contributed by atoms with E-state index >= 15 is 0 Å². The van der Waals surface area contributed by atoms with E-state index in [-0.39, 0.29) is 0 Å². The molecule has 1 atom stereocenters. The lowest BCUT2D eigenvalue weighted by Gasteiger charge is -2.18. The summed E-state index contributed by atoms with van der Waals surface area (Å²) in [4.78, 5) is 0. The molecule has 3 heterocycles. The third kappa shape index (κ3) is 7.36. The van der Waals surface area contributed by atoms with Crippen molar-refractivity contribution in [1.82, 2.24) is 13.7 Å². The van der Waals surface area contributed by atoms with Gasteiger partial charge in [-0.25, -0.2) is 0 Å². The average molecular weight is 1050 g/mol. The maximum absolute atomic E-state index is 2.49. The lowest BCUT2D eigenvalue weighted by molar-refractivity contribution is 0.728. The summed E-state index contributed by atoms with van der Waals surface area (Å²) >= 11 is 0.